The number of para-hydroxylation sites is 1. The molecule has 0 unspecified atom stereocenters. The van der Waals surface area contributed by atoms with Gasteiger partial charge in [0.15, 0.2) is 0 Å². The van der Waals surface area contributed by atoms with E-state index in [4.69, 9.17) is 0 Å². The van der Waals surface area contributed by atoms with Crippen LogP contribution in [0.3, 0.4) is 0 Å². The Labute approximate surface area is 145 Å². The quantitative estimate of drug-likeness (QED) is 0.763. The third-order valence-corrected chi connectivity index (χ3v) is 4.24. The van der Waals surface area contributed by atoms with Gasteiger partial charge in [0.05, 0.1) is 11.1 Å². The van der Waals surface area contributed by atoms with E-state index in [0.29, 0.717) is 16.8 Å². The summed E-state index contributed by atoms with van der Waals surface area (Å²) < 4.78 is 0. The minimum atomic E-state index is -0.209. The monoisotopic (exact) mass is 331 g/mol. The van der Waals surface area contributed by atoms with Crippen LogP contribution in [0.15, 0.2) is 60.8 Å². The number of amides is 2. The average molecular weight is 331 g/mol. The fourth-order valence-electron chi connectivity index (χ4n) is 2.71. The van der Waals surface area contributed by atoms with Gasteiger partial charge in [0, 0.05) is 28.9 Å². The number of hydrogen-bond donors (Lipinski definition) is 2. The molecule has 25 heavy (non-hydrogen) atoms. The van der Waals surface area contributed by atoms with Crippen molar-refractivity contribution in [2.24, 2.45) is 5.92 Å². The second-order valence-corrected chi connectivity index (χ2v) is 6.18. The van der Waals surface area contributed by atoms with Gasteiger partial charge in [0.2, 0.25) is 5.91 Å². The molecule has 5 nitrogen and oxygen atoms in total. The lowest BCUT2D eigenvalue weighted by Gasteiger charge is -2.09. The minimum absolute atomic E-state index is 0.0682. The summed E-state index contributed by atoms with van der Waals surface area (Å²) >= 11 is 0. The Morgan fingerprint density at radius 1 is 0.880 bits per heavy atom. The third kappa shape index (κ3) is 3.35. The topological polar surface area (TPSA) is 71.1 Å². The fourth-order valence-corrected chi connectivity index (χ4v) is 2.71. The van der Waals surface area contributed by atoms with Crippen molar-refractivity contribution < 1.29 is 9.59 Å². The number of hydrogen-bond acceptors (Lipinski definition) is 3. The summed E-state index contributed by atoms with van der Waals surface area (Å²) in [6.07, 6.45) is 3.62. The normalized spacial score (nSPS) is 13.4. The van der Waals surface area contributed by atoms with Crippen LogP contribution in [0, 0.1) is 5.92 Å². The molecule has 2 amide bonds. The summed E-state index contributed by atoms with van der Waals surface area (Å²) in [6, 6.07) is 16.4. The Morgan fingerprint density at radius 2 is 1.56 bits per heavy atom. The SMILES string of the molecule is O=C(Nc1ccc(NC(=O)C2CC2)cc1)c1cccc2cccnc12. The number of carbonyl (C=O) groups excluding carboxylic acids is 2. The van der Waals surface area contributed by atoms with E-state index in [1.807, 2.05) is 24.3 Å². The zero-order valence-electron chi connectivity index (χ0n) is 13.5. The van der Waals surface area contributed by atoms with Gasteiger partial charge in [-0.1, -0.05) is 18.2 Å². The van der Waals surface area contributed by atoms with E-state index in [9.17, 15) is 9.59 Å². The molecule has 0 aliphatic heterocycles. The zero-order valence-corrected chi connectivity index (χ0v) is 13.5. The molecule has 1 aliphatic rings. The molecule has 5 heteroatoms. The molecule has 2 aromatic carbocycles. The first-order valence-corrected chi connectivity index (χ1v) is 8.27. The van der Waals surface area contributed by atoms with Crippen LogP contribution in [0.25, 0.3) is 10.9 Å². The number of aromatic nitrogens is 1. The summed E-state index contributed by atoms with van der Waals surface area (Å²) in [4.78, 5) is 28.6. The Morgan fingerprint density at radius 3 is 2.28 bits per heavy atom. The highest BCUT2D eigenvalue weighted by Crippen LogP contribution is 2.30. The Bertz CT molecular complexity index is 941. The average Bonchev–Trinajstić information content (AvgIpc) is 3.48. The zero-order chi connectivity index (χ0) is 17.2. The molecule has 0 saturated heterocycles. The molecule has 0 spiro atoms. The van der Waals surface area contributed by atoms with Crippen molar-refractivity contribution in [1.29, 1.82) is 0 Å². The maximum Gasteiger partial charge on any atom is 0.257 e. The number of benzene rings is 2. The highest BCUT2D eigenvalue weighted by atomic mass is 16.2. The molecule has 0 radical (unpaired) electrons. The maximum atomic E-state index is 12.6. The van der Waals surface area contributed by atoms with E-state index in [2.05, 4.69) is 15.6 Å². The van der Waals surface area contributed by atoms with Crippen LogP contribution in [-0.4, -0.2) is 16.8 Å². The predicted octanol–water partition coefficient (Wildman–Crippen LogP) is 3.84. The molecule has 1 saturated carbocycles. The summed E-state index contributed by atoms with van der Waals surface area (Å²) in [6.45, 7) is 0. The summed E-state index contributed by atoms with van der Waals surface area (Å²) in [5, 5.41) is 6.68. The lowest BCUT2D eigenvalue weighted by molar-refractivity contribution is -0.117. The fraction of sp³-hybridized carbons (Fsp3) is 0.150. The second kappa shape index (κ2) is 6.36. The standard InChI is InChI=1S/C20H17N3O2/c24-19(14-6-7-14)22-15-8-10-16(11-9-15)23-20(25)17-5-1-3-13-4-2-12-21-18(13)17/h1-5,8-12,14H,6-7H2,(H,22,24)(H,23,25). The Kier molecular flexibility index (Phi) is 3.90. The number of nitrogens with one attached hydrogen (secondary N) is 2. The lowest BCUT2D eigenvalue weighted by Crippen LogP contribution is -2.14. The van der Waals surface area contributed by atoms with Crippen LogP contribution in [-0.2, 0) is 4.79 Å². The number of fused-ring (bicyclic) bond motifs is 1. The molecule has 2 N–H and O–H groups in total. The van der Waals surface area contributed by atoms with Crippen molar-refractivity contribution in [1.82, 2.24) is 4.98 Å². The van der Waals surface area contributed by atoms with Crippen LogP contribution in [0.5, 0.6) is 0 Å². The van der Waals surface area contributed by atoms with Gasteiger partial charge in [-0.25, -0.2) is 0 Å². The largest absolute Gasteiger partial charge is 0.326 e. The lowest BCUT2D eigenvalue weighted by atomic mass is 10.1. The van der Waals surface area contributed by atoms with Gasteiger partial charge in [-0.15, -0.1) is 0 Å². The van der Waals surface area contributed by atoms with Gasteiger partial charge in [-0.2, -0.15) is 0 Å². The van der Waals surface area contributed by atoms with Crippen molar-refractivity contribution in [3.8, 4) is 0 Å². The molecule has 0 atom stereocenters. The van der Waals surface area contributed by atoms with Gasteiger partial charge in [0.25, 0.3) is 5.91 Å². The number of anilines is 2. The number of nitrogens with zero attached hydrogens (tertiary/aromatic N) is 1. The highest BCUT2D eigenvalue weighted by molar-refractivity contribution is 6.11. The first-order valence-electron chi connectivity index (χ1n) is 8.27. The van der Waals surface area contributed by atoms with Crippen molar-refractivity contribution in [2.75, 3.05) is 10.6 Å². The Hall–Kier alpha value is -3.21. The molecule has 3 aromatic rings. The second-order valence-electron chi connectivity index (χ2n) is 6.18. The van der Waals surface area contributed by atoms with E-state index in [0.717, 1.165) is 23.9 Å². The Balaban J connectivity index is 1.49. The summed E-state index contributed by atoms with van der Waals surface area (Å²) in [5.74, 6) is 0.0240. The minimum Gasteiger partial charge on any atom is -0.326 e. The molecule has 1 aromatic heterocycles. The molecular weight excluding hydrogens is 314 g/mol. The first-order chi connectivity index (χ1) is 12.2. The van der Waals surface area contributed by atoms with E-state index >= 15 is 0 Å². The van der Waals surface area contributed by atoms with Crippen LogP contribution in [0.4, 0.5) is 11.4 Å². The van der Waals surface area contributed by atoms with Crippen LogP contribution < -0.4 is 10.6 Å². The van der Waals surface area contributed by atoms with Gasteiger partial charge in [0.1, 0.15) is 0 Å². The molecule has 1 heterocycles. The van der Waals surface area contributed by atoms with Gasteiger partial charge in [-0.3, -0.25) is 14.6 Å². The number of pyridine rings is 1. The molecule has 0 bridgehead atoms. The summed E-state index contributed by atoms with van der Waals surface area (Å²) in [5.41, 5.74) is 2.61. The van der Waals surface area contributed by atoms with E-state index in [1.54, 1.807) is 36.5 Å². The van der Waals surface area contributed by atoms with Crippen LogP contribution in [0.1, 0.15) is 23.2 Å². The smallest absolute Gasteiger partial charge is 0.257 e. The first kappa shape index (κ1) is 15.3. The van der Waals surface area contributed by atoms with Gasteiger partial charge < -0.3 is 10.6 Å². The number of carbonyl (C=O) groups is 2. The van der Waals surface area contributed by atoms with Gasteiger partial charge >= 0.3 is 0 Å². The van der Waals surface area contributed by atoms with Crippen molar-refractivity contribution in [3.05, 3.63) is 66.4 Å². The van der Waals surface area contributed by atoms with Crippen LogP contribution in [0.2, 0.25) is 0 Å². The predicted molar refractivity (Wildman–Crippen MR) is 97.5 cm³/mol. The van der Waals surface area contributed by atoms with Gasteiger partial charge in [-0.05, 0) is 49.2 Å². The van der Waals surface area contributed by atoms with Crippen LogP contribution >= 0.6 is 0 Å². The van der Waals surface area contributed by atoms with Crippen molar-refractivity contribution in [2.45, 2.75) is 12.8 Å². The van der Waals surface area contributed by atoms with E-state index in [-0.39, 0.29) is 17.7 Å². The van der Waals surface area contributed by atoms with E-state index < -0.39 is 0 Å². The highest BCUT2D eigenvalue weighted by Gasteiger charge is 2.29. The van der Waals surface area contributed by atoms with Crippen molar-refractivity contribution in [3.63, 3.8) is 0 Å². The van der Waals surface area contributed by atoms with E-state index in [1.165, 1.54) is 0 Å². The third-order valence-electron chi connectivity index (χ3n) is 4.24. The molecule has 1 aliphatic carbocycles. The molecule has 4 rings (SSSR count). The number of rotatable bonds is 4. The maximum absolute atomic E-state index is 12.6. The molecular formula is C20H17N3O2. The molecule has 124 valence electrons. The molecule has 1 fully saturated rings. The summed E-state index contributed by atoms with van der Waals surface area (Å²) in [7, 11) is 0. The van der Waals surface area contributed by atoms with Crippen molar-refractivity contribution >= 4 is 34.1 Å².